The monoisotopic (exact) mass is 553 g/mol. The number of aliphatic hydroxyl groups excluding tert-OH is 1. The number of nitrogens with two attached hydrogens (primary N) is 1. The quantitative estimate of drug-likeness (QED) is 0.0788. The zero-order valence-corrected chi connectivity index (χ0v) is 26.6. The summed E-state index contributed by atoms with van der Waals surface area (Å²) in [5, 5.41) is 9.23. The second-order valence-corrected chi connectivity index (χ2v) is 13.8. The van der Waals surface area contributed by atoms with Gasteiger partial charge in [-0.3, -0.25) is 0 Å². The maximum atomic E-state index is 9.23. The highest BCUT2D eigenvalue weighted by molar-refractivity contribution is 6.60. The predicted octanol–water partition coefficient (Wildman–Crippen LogP) is 8.43. The molecule has 1 atom stereocenters. The molecule has 0 amide bonds. The SMILES string of the molecule is CCCCCCCCCCCCCCCC(CCC[Si](OCC)(OCC)OCCO)CC(C)(C)N.Cl. The van der Waals surface area contributed by atoms with Gasteiger partial charge in [-0.05, 0) is 46.5 Å². The van der Waals surface area contributed by atoms with Crippen molar-refractivity contribution < 1.29 is 18.4 Å². The van der Waals surface area contributed by atoms with Crippen LogP contribution in [0.2, 0.25) is 6.04 Å². The lowest BCUT2D eigenvalue weighted by Crippen LogP contribution is -2.46. The summed E-state index contributed by atoms with van der Waals surface area (Å²) in [4.78, 5) is 0. The second kappa shape index (κ2) is 25.6. The Labute approximate surface area is 232 Å². The second-order valence-electron chi connectivity index (χ2n) is 11.1. The molecule has 36 heavy (non-hydrogen) atoms. The fourth-order valence-electron chi connectivity index (χ4n) is 5.13. The van der Waals surface area contributed by atoms with Crippen molar-refractivity contribution in [1.29, 1.82) is 0 Å². The molecule has 5 nitrogen and oxygen atoms in total. The van der Waals surface area contributed by atoms with Crippen molar-refractivity contribution in [2.24, 2.45) is 11.7 Å². The molecule has 0 radical (unpaired) electrons. The maximum absolute atomic E-state index is 9.23. The van der Waals surface area contributed by atoms with Crippen molar-refractivity contribution >= 4 is 21.2 Å². The van der Waals surface area contributed by atoms with Gasteiger partial charge in [0.1, 0.15) is 0 Å². The Hall–Kier alpha value is 0.307. The Balaban J connectivity index is 0. The summed E-state index contributed by atoms with van der Waals surface area (Å²) in [6, 6.07) is 0.814. The average molecular weight is 554 g/mol. The van der Waals surface area contributed by atoms with E-state index >= 15 is 0 Å². The Bertz CT molecular complexity index is 445. The Morgan fingerprint density at radius 2 is 1.14 bits per heavy atom. The minimum atomic E-state index is -2.70. The first-order valence-electron chi connectivity index (χ1n) is 15.1. The van der Waals surface area contributed by atoms with Crippen molar-refractivity contribution in [3.05, 3.63) is 0 Å². The summed E-state index contributed by atoms with van der Waals surface area (Å²) in [5.74, 6) is 0.635. The van der Waals surface area contributed by atoms with Gasteiger partial charge in [-0.1, -0.05) is 103 Å². The lowest BCUT2D eigenvalue weighted by Gasteiger charge is -2.30. The first-order chi connectivity index (χ1) is 16.8. The fourth-order valence-corrected chi connectivity index (χ4v) is 7.74. The van der Waals surface area contributed by atoms with Crippen LogP contribution in [0.4, 0.5) is 0 Å². The van der Waals surface area contributed by atoms with Gasteiger partial charge in [0.15, 0.2) is 0 Å². The molecule has 0 aromatic rings. The van der Waals surface area contributed by atoms with Crippen LogP contribution in [0, 0.1) is 5.92 Å². The highest BCUT2D eigenvalue weighted by Gasteiger charge is 2.40. The molecule has 7 heteroatoms. The summed E-state index contributed by atoms with van der Waals surface area (Å²) in [6.07, 6.45) is 22.6. The Kier molecular flexibility index (Phi) is 27.3. The van der Waals surface area contributed by atoms with E-state index in [-0.39, 0.29) is 31.2 Å². The van der Waals surface area contributed by atoms with E-state index in [1.54, 1.807) is 0 Å². The average Bonchev–Trinajstić information content (AvgIpc) is 2.80. The minimum Gasteiger partial charge on any atom is -0.394 e. The lowest BCUT2D eigenvalue weighted by molar-refractivity contribution is 0.0525. The van der Waals surface area contributed by atoms with Crippen LogP contribution in [-0.4, -0.2) is 45.9 Å². The van der Waals surface area contributed by atoms with Crippen molar-refractivity contribution in [2.45, 2.75) is 155 Å². The first-order valence-corrected chi connectivity index (χ1v) is 17.1. The standard InChI is InChI=1S/C29H63NO4Si.ClH/c1-6-9-10-11-12-13-14-15-16-17-18-19-20-22-28(27-29(4,5)30)23-21-26-35(32-7-2,33-8-3)34-25-24-31;/h28,31H,6-27,30H2,1-5H3;1H. The van der Waals surface area contributed by atoms with Crippen LogP contribution < -0.4 is 5.73 Å². The number of hydrogen-bond donors (Lipinski definition) is 2. The van der Waals surface area contributed by atoms with Crippen LogP contribution >= 0.6 is 12.4 Å². The van der Waals surface area contributed by atoms with Gasteiger partial charge in [0.25, 0.3) is 0 Å². The number of aliphatic hydroxyl groups is 1. The van der Waals surface area contributed by atoms with Crippen LogP contribution in [-0.2, 0) is 13.3 Å². The molecule has 0 saturated heterocycles. The van der Waals surface area contributed by atoms with Gasteiger partial charge in [-0.15, -0.1) is 12.4 Å². The van der Waals surface area contributed by atoms with Gasteiger partial charge in [0.2, 0.25) is 0 Å². The molecule has 0 fully saturated rings. The topological polar surface area (TPSA) is 73.9 Å². The summed E-state index contributed by atoms with van der Waals surface area (Å²) in [7, 11) is -2.70. The van der Waals surface area contributed by atoms with Crippen molar-refractivity contribution in [3.8, 4) is 0 Å². The maximum Gasteiger partial charge on any atom is 0.501 e. The largest absolute Gasteiger partial charge is 0.501 e. The third kappa shape index (κ3) is 23.4. The number of rotatable bonds is 27. The molecule has 1 unspecified atom stereocenters. The Morgan fingerprint density at radius 1 is 0.694 bits per heavy atom. The first kappa shape index (κ1) is 38.5. The van der Waals surface area contributed by atoms with Gasteiger partial charge in [-0.25, -0.2) is 0 Å². The summed E-state index contributed by atoms with van der Waals surface area (Å²) >= 11 is 0. The normalized spacial score (nSPS) is 13.1. The molecule has 220 valence electrons. The van der Waals surface area contributed by atoms with Crippen molar-refractivity contribution in [3.63, 3.8) is 0 Å². The smallest absolute Gasteiger partial charge is 0.394 e. The predicted molar refractivity (Wildman–Crippen MR) is 160 cm³/mol. The van der Waals surface area contributed by atoms with Crippen molar-refractivity contribution in [2.75, 3.05) is 26.4 Å². The minimum absolute atomic E-state index is 0. The van der Waals surface area contributed by atoms with Gasteiger partial charge in [0, 0.05) is 24.8 Å². The van der Waals surface area contributed by atoms with Crippen LogP contribution in [0.5, 0.6) is 0 Å². The molecule has 0 bridgehead atoms. The molecule has 0 aromatic carbocycles. The Morgan fingerprint density at radius 3 is 1.56 bits per heavy atom. The number of halogens is 1. The van der Waals surface area contributed by atoms with Crippen LogP contribution in [0.1, 0.15) is 144 Å². The number of unbranched alkanes of at least 4 members (excludes halogenated alkanes) is 12. The van der Waals surface area contributed by atoms with Gasteiger partial charge in [0.05, 0.1) is 13.2 Å². The molecule has 3 N–H and O–H groups in total. The van der Waals surface area contributed by atoms with E-state index in [2.05, 4.69) is 20.8 Å². The van der Waals surface area contributed by atoms with Crippen LogP contribution in [0.15, 0.2) is 0 Å². The molecular weight excluding hydrogens is 490 g/mol. The molecule has 0 aromatic heterocycles. The van der Waals surface area contributed by atoms with E-state index in [4.69, 9.17) is 19.0 Å². The van der Waals surface area contributed by atoms with Crippen LogP contribution in [0.3, 0.4) is 0 Å². The van der Waals surface area contributed by atoms with E-state index in [1.807, 2.05) is 13.8 Å². The molecule has 0 aliphatic heterocycles. The highest BCUT2D eigenvalue weighted by Crippen LogP contribution is 2.28. The van der Waals surface area contributed by atoms with Crippen LogP contribution in [0.25, 0.3) is 0 Å². The third-order valence-corrected chi connectivity index (χ3v) is 9.83. The summed E-state index contributed by atoms with van der Waals surface area (Å²) in [6.45, 7) is 12.0. The molecule has 0 aliphatic rings. The molecule has 0 heterocycles. The zero-order valence-electron chi connectivity index (χ0n) is 24.8. The van der Waals surface area contributed by atoms with Gasteiger partial charge in [-0.2, -0.15) is 0 Å². The number of hydrogen-bond acceptors (Lipinski definition) is 5. The third-order valence-electron chi connectivity index (χ3n) is 6.77. The fraction of sp³-hybridized carbons (Fsp3) is 1.00. The molecule has 0 saturated carbocycles. The van der Waals surface area contributed by atoms with E-state index in [0.717, 1.165) is 25.3 Å². The lowest BCUT2D eigenvalue weighted by atomic mass is 9.85. The van der Waals surface area contributed by atoms with Crippen molar-refractivity contribution in [1.82, 2.24) is 0 Å². The zero-order chi connectivity index (χ0) is 26.3. The molecule has 0 spiro atoms. The molecule has 0 aliphatic carbocycles. The molecule has 0 rings (SSSR count). The van der Waals surface area contributed by atoms with E-state index < -0.39 is 8.80 Å². The highest BCUT2D eigenvalue weighted by atomic mass is 35.5. The van der Waals surface area contributed by atoms with E-state index in [0.29, 0.717) is 19.1 Å². The van der Waals surface area contributed by atoms with E-state index in [9.17, 15) is 5.11 Å². The van der Waals surface area contributed by atoms with Gasteiger partial charge < -0.3 is 24.1 Å². The summed E-state index contributed by atoms with van der Waals surface area (Å²) < 4.78 is 17.9. The van der Waals surface area contributed by atoms with Gasteiger partial charge >= 0.3 is 8.80 Å². The summed E-state index contributed by atoms with van der Waals surface area (Å²) in [5.41, 5.74) is 6.27. The molecular formula is C29H64ClNO4Si. The van der Waals surface area contributed by atoms with E-state index in [1.165, 1.54) is 89.9 Å².